The molecule has 0 spiro atoms. The summed E-state index contributed by atoms with van der Waals surface area (Å²) in [4.78, 5) is 17.7. The molecule has 3 aliphatic rings. The van der Waals surface area contributed by atoms with Crippen molar-refractivity contribution in [3.8, 4) is 0 Å². The quantitative estimate of drug-likeness (QED) is 0.850. The molecule has 23 heavy (non-hydrogen) atoms. The number of likely N-dealkylation sites (tertiary alicyclic amines) is 2. The van der Waals surface area contributed by atoms with Crippen molar-refractivity contribution >= 4 is 5.91 Å². The summed E-state index contributed by atoms with van der Waals surface area (Å²) in [6.07, 6.45) is 8.43. The Morgan fingerprint density at radius 3 is 2.39 bits per heavy atom. The Balaban J connectivity index is 1.45. The average molecular weight is 312 g/mol. The van der Waals surface area contributed by atoms with E-state index < -0.39 is 0 Å². The maximum Gasteiger partial charge on any atom is 0.225 e. The first-order valence-electron chi connectivity index (χ1n) is 9.41. The topological polar surface area (TPSA) is 23.6 Å². The minimum atomic E-state index is 0.347. The molecule has 3 nitrogen and oxygen atoms in total. The standard InChI is InChI=1S/C20H28N2O/c23-20(17-9-4-10-17)22-14-6-12-19(22)18-11-5-13-21(18)15-16-7-2-1-3-8-16/h1-3,7-8,17-19H,4-6,9-15H2. The van der Waals surface area contributed by atoms with Crippen LogP contribution in [0.5, 0.6) is 0 Å². The van der Waals surface area contributed by atoms with Crippen molar-refractivity contribution in [2.24, 2.45) is 5.92 Å². The molecule has 3 fully saturated rings. The third kappa shape index (κ3) is 3.03. The van der Waals surface area contributed by atoms with Crippen molar-refractivity contribution in [1.29, 1.82) is 0 Å². The molecule has 2 heterocycles. The Bertz CT molecular complexity index is 540. The van der Waals surface area contributed by atoms with Crippen LogP contribution >= 0.6 is 0 Å². The maximum atomic E-state index is 12.8. The highest BCUT2D eigenvalue weighted by molar-refractivity contribution is 5.80. The van der Waals surface area contributed by atoms with Gasteiger partial charge in [-0.15, -0.1) is 0 Å². The van der Waals surface area contributed by atoms with E-state index in [-0.39, 0.29) is 0 Å². The number of hydrogen-bond donors (Lipinski definition) is 0. The van der Waals surface area contributed by atoms with Crippen LogP contribution in [0.3, 0.4) is 0 Å². The van der Waals surface area contributed by atoms with E-state index in [0.717, 1.165) is 25.9 Å². The molecule has 0 bridgehead atoms. The molecule has 1 amide bonds. The molecule has 0 N–H and O–H groups in total. The summed E-state index contributed by atoms with van der Waals surface area (Å²) in [5.74, 6) is 0.810. The second kappa shape index (κ2) is 6.64. The van der Waals surface area contributed by atoms with E-state index in [0.29, 0.717) is 23.9 Å². The molecule has 1 aromatic rings. The number of carbonyl (C=O) groups excluding carboxylic acids is 1. The van der Waals surface area contributed by atoms with Gasteiger partial charge in [0.2, 0.25) is 5.91 Å². The third-order valence-electron chi connectivity index (χ3n) is 6.12. The predicted octanol–water partition coefficient (Wildman–Crippen LogP) is 3.44. The van der Waals surface area contributed by atoms with E-state index >= 15 is 0 Å². The summed E-state index contributed by atoms with van der Waals surface area (Å²) in [6, 6.07) is 11.8. The number of carbonyl (C=O) groups is 1. The van der Waals surface area contributed by atoms with Crippen molar-refractivity contribution in [1.82, 2.24) is 9.80 Å². The Morgan fingerprint density at radius 2 is 1.65 bits per heavy atom. The van der Waals surface area contributed by atoms with Crippen LogP contribution in [0.25, 0.3) is 0 Å². The van der Waals surface area contributed by atoms with Crippen molar-refractivity contribution in [3.63, 3.8) is 0 Å². The largest absolute Gasteiger partial charge is 0.338 e. The van der Waals surface area contributed by atoms with Crippen LogP contribution in [0.1, 0.15) is 50.5 Å². The maximum absolute atomic E-state index is 12.8. The molecule has 2 atom stereocenters. The molecule has 3 heteroatoms. The Kier molecular flexibility index (Phi) is 4.39. The second-order valence-electron chi connectivity index (χ2n) is 7.53. The van der Waals surface area contributed by atoms with Gasteiger partial charge in [0.15, 0.2) is 0 Å². The summed E-state index contributed by atoms with van der Waals surface area (Å²) >= 11 is 0. The summed E-state index contributed by atoms with van der Waals surface area (Å²) in [5.41, 5.74) is 1.40. The van der Waals surface area contributed by atoms with Crippen LogP contribution in [-0.2, 0) is 11.3 Å². The zero-order chi connectivity index (χ0) is 15.6. The van der Waals surface area contributed by atoms with Gasteiger partial charge in [-0.1, -0.05) is 36.8 Å². The van der Waals surface area contributed by atoms with Gasteiger partial charge in [0.25, 0.3) is 0 Å². The second-order valence-corrected chi connectivity index (χ2v) is 7.53. The summed E-state index contributed by atoms with van der Waals surface area (Å²) in [6.45, 7) is 3.21. The molecule has 2 saturated heterocycles. The first-order chi connectivity index (χ1) is 11.3. The lowest BCUT2D eigenvalue weighted by Gasteiger charge is -2.38. The lowest BCUT2D eigenvalue weighted by Crippen LogP contribution is -2.50. The average Bonchev–Trinajstić information content (AvgIpc) is 3.14. The smallest absolute Gasteiger partial charge is 0.225 e. The third-order valence-corrected chi connectivity index (χ3v) is 6.12. The zero-order valence-corrected chi connectivity index (χ0v) is 14.0. The Morgan fingerprint density at radius 1 is 0.913 bits per heavy atom. The van der Waals surface area contributed by atoms with Gasteiger partial charge >= 0.3 is 0 Å². The number of nitrogens with zero attached hydrogens (tertiary/aromatic N) is 2. The Hall–Kier alpha value is -1.35. The number of benzene rings is 1. The lowest BCUT2D eigenvalue weighted by atomic mass is 9.84. The molecule has 0 aromatic heterocycles. The number of hydrogen-bond acceptors (Lipinski definition) is 2. The van der Waals surface area contributed by atoms with E-state index in [1.54, 1.807) is 0 Å². The van der Waals surface area contributed by atoms with Crippen molar-refractivity contribution in [2.75, 3.05) is 13.1 Å². The van der Waals surface area contributed by atoms with Crippen molar-refractivity contribution in [3.05, 3.63) is 35.9 Å². The molecule has 2 aliphatic heterocycles. The van der Waals surface area contributed by atoms with Gasteiger partial charge in [0.05, 0.1) is 0 Å². The van der Waals surface area contributed by atoms with Gasteiger partial charge in [0, 0.05) is 31.1 Å². The first kappa shape index (κ1) is 15.2. The zero-order valence-electron chi connectivity index (χ0n) is 14.0. The van der Waals surface area contributed by atoms with Gasteiger partial charge in [-0.3, -0.25) is 9.69 Å². The van der Waals surface area contributed by atoms with Gasteiger partial charge in [-0.2, -0.15) is 0 Å². The van der Waals surface area contributed by atoms with Crippen LogP contribution < -0.4 is 0 Å². The predicted molar refractivity (Wildman–Crippen MR) is 92.0 cm³/mol. The Labute approximate surface area is 139 Å². The van der Waals surface area contributed by atoms with Gasteiger partial charge in [0.1, 0.15) is 0 Å². The fraction of sp³-hybridized carbons (Fsp3) is 0.650. The van der Waals surface area contributed by atoms with Gasteiger partial charge in [-0.25, -0.2) is 0 Å². The highest BCUT2D eigenvalue weighted by Crippen LogP contribution is 2.35. The summed E-state index contributed by atoms with van der Waals surface area (Å²) in [5, 5.41) is 0. The monoisotopic (exact) mass is 312 g/mol. The highest BCUT2D eigenvalue weighted by Gasteiger charge is 2.42. The highest BCUT2D eigenvalue weighted by atomic mass is 16.2. The molecular weight excluding hydrogens is 284 g/mol. The minimum Gasteiger partial charge on any atom is -0.338 e. The van der Waals surface area contributed by atoms with E-state index in [1.807, 2.05) is 0 Å². The molecule has 4 rings (SSSR count). The van der Waals surface area contributed by atoms with Gasteiger partial charge < -0.3 is 4.90 Å². The van der Waals surface area contributed by atoms with Gasteiger partial charge in [-0.05, 0) is 50.6 Å². The molecular formula is C20H28N2O. The van der Waals surface area contributed by atoms with Crippen molar-refractivity contribution in [2.45, 2.75) is 63.6 Å². The fourth-order valence-corrected chi connectivity index (χ4v) is 4.66. The van der Waals surface area contributed by atoms with Crippen LogP contribution in [0.2, 0.25) is 0 Å². The number of rotatable bonds is 4. The number of amides is 1. The molecule has 1 aromatic carbocycles. The van der Waals surface area contributed by atoms with Crippen LogP contribution in [0.4, 0.5) is 0 Å². The van der Waals surface area contributed by atoms with E-state index in [1.165, 1.54) is 44.2 Å². The van der Waals surface area contributed by atoms with E-state index in [4.69, 9.17) is 0 Å². The normalized spacial score (nSPS) is 29.0. The SMILES string of the molecule is O=C(C1CCC1)N1CCCC1C1CCCN1Cc1ccccc1. The molecule has 0 radical (unpaired) electrons. The van der Waals surface area contributed by atoms with Crippen molar-refractivity contribution < 1.29 is 4.79 Å². The molecule has 1 aliphatic carbocycles. The lowest BCUT2D eigenvalue weighted by molar-refractivity contribution is -0.140. The summed E-state index contributed by atoms with van der Waals surface area (Å²) in [7, 11) is 0. The first-order valence-corrected chi connectivity index (χ1v) is 9.41. The van der Waals surface area contributed by atoms with E-state index in [2.05, 4.69) is 40.1 Å². The van der Waals surface area contributed by atoms with E-state index in [9.17, 15) is 4.79 Å². The van der Waals surface area contributed by atoms with Crippen LogP contribution in [-0.4, -0.2) is 40.9 Å². The minimum absolute atomic E-state index is 0.347. The van der Waals surface area contributed by atoms with Crippen LogP contribution in [0.15, 0.2) is 30.3 Å². The fourth-order valence-electron chi connectivity index (χ4n) is 4.66. The van der Waals surface area contributed by atoms with Crippen LogP contribution in [0, 0.1) is 5.92 Å². The molecule has 2 unspecified atom stereocenters. The molecule has 1 saturated carbocycles. The summed E-state index contributed by atoms with van der Waals surface area (Å²) < 4.78 is 0. The molecule has 124 valence electrons.